The van der Waals surface area contributed by atoms with E-state index in [1.807, 2.05) is 0 Å². The molecule has 0 aromatic heterocycles. The van der Waals surface area contributed by atoms with Gasteiger partial charge in [0.15, 0.2) is 0 Å². The van der Waals surface area contributed by atoms with E-state index in [2.05, 4.69) is 0 Å². The van der Waals surface area contributed by atoms with Crippen LogP contribution in [0.5, 0.6) is 0 Å². The SMILES string of the molecule is O=[N+]([O-])c1ccccc1C#CC(F)(F)F. The molecule has 0 spiro atoms. The fourth-order valence-electron chi connectivity index (χ4n) is 0.877. The van der Waals surface area contributed by atoms with Gasteiger partial charge in [-0.2, -0.15) is 13.2 Å². The van der Waals surface area contributed by atoms with E-state index in [1.165, 1.54) is 12.1 Å². The number of hydrogen-bond acceptors (Lipinski definition) is 2. The Bertz CT molecular complexity index is 443. The van der Waals surface area contributed by atoms with Crippen molar-refractivity contribution in [3.8, 4) is 11.8 Å². The number of benzene rings is 1. The maximum Gasteiger partial charge on any atom is 0.458 e. The van der Waals surface area contributed by atoms with Crippen molar-refractivity contribution in [3.63, 3.8) is 0 Å². The summed E-state index contributed by atoms with van der Waals surface area (Å²) in [7, 11) is 0. The molecule has 0 saturated carbocycles. The summed E-state index contributed by atoms with van der Waals surface area (Å²) in [6.45, 7) is 0. The summed E-state index contributed by atoms with van der Waals surface area (Å²) in [5, 5.41) is 10.4. The van der Waals surface area contributed by atoms with Crippen LogP contribution in [-0.2, 0) is 0 Å². The number of nitrogens with zero attached hydrogens (tertiary/aromatic N) is 1. The second-order valence-corrected chi connectivity index (χ2v) is 2.52. The lowest BCUT2D eigenvalue weighted by atomic mass is 10.2. The smallest absolute Gasteiger partial charge is 0.258 e. The molecule has 0 aliphatic heterocycles. The lowest BCUT2D eigenvalue weighted by molar-refractivity contribution is -0.385. The van der Waals surface area contributed by atoms with Crippen molar-refractivity contribution in [2.75, 3.05) is 0 Å². The van der Waals surface area contributed by atoms with Crippen LogP contribution in [0.4, 0.5) is 18.9 Å². The molecule has 0 unspecified atom stereocenters. The number of para-hydroxylation sites is 1. The van der Waals surface area contributed by atoms with E-state index in [9.17, 15) is 23.3 Å². The summed E-state index contributed by atoms with van der Waals surface area (Å²) >= 11 is 0. The molecule has 1 aromatic carbocycles. The number of nitro benzene ring substituents is 1. The number of nitro groups is 1. The summed E-state index contributed by atoms with van der Waals surface area (Å²) in [6.07, 6.45) is -4.65. The molecule has 0 fully saturated rings. The van der Waals surface area contributed by atoms with Crippen LogP contribution in [-0.4, -0.2) is 11.1 Å². The molecular formula is C9H4F3NO2. The summed E-state index contributed by atoms with van der Waals surface area (Å²) in [5.74, 6) is 2.70. The normalized spacial score (nSPS) is 10.3. The van der Waals surface area contributed by atoms with Crippen LogP contribution in [0, 0.1) is 22.0 Å². The first-order valence-corrected chi connectivity index (χ1v) is 3.73. The van der Waals surface area contributed by atoms with Gasteiger partial charge in [-0.3, -0.25) is 10.1 Å². The predicted octanol–water partition coefficient (Wildman–Crippen LogP) is 2.51. The first kappa shape index (κ1) is 11.0. The Morgan fingerprint density at radius 1 is 1.27 bits per heavy atom. The minimum absolute atomic E-state index is 0.250. The topological polar surface area (TPSA) is 43.1 Å². The average Bonchev–Trinajstić information content (AvgIpc) is 2.14. The van der Waals surface area contributed by atoms with Crippen molar-refractivity contribution in [1.82, 2.24) is 0 Å². The van der Waals surface area contributed by atoms with Crippen LogP contribution in [0.3, 0.4) is 0 Å². The van der Waals surface area contributed by atoms with Crippen LogP contribution >= 0.6 is 0 Å². The highest BCUT2D eigenvalue weighted by Crippen LogP contribution is 2.18. The molecule has 0 atom stereocenters. The molecule has 0 radical (unpaired) electrons. The van der Waals surface area contributed by atoms with Crippen LogP contribution in [0.2, 0.25) is 0 Å². The number of halogens is 3. The van der Waals surface area contributed by atoms with Crippen molar-refractivity contribution < 1.29 is 18.1 Å². The highest BCUT2D eigenvalue weighted by Gasteiger charge is 2.23. The summed E-state index contributed by atoms with van der Waals surface area (Å²) in [5.41, 5.74) is -0.686. The molecular weight excluding hydrogens is 211 g/mol. The van der Waals surface area contributed by atoms with Gasteiger partial charge >= 0.3 is 6.18 Å². The molecule has 15 heavy (non-hydrogen) atoms. The van der Waals surface area contributed by atoms with Crippen LogP contribution in [0.25, 0.3) is 0 Å². The fourth-order valence-corrected chi connectivity index (χ4v) is 0.877. The molecule has 78 valence electrons. The molecule has 3 nitrogen and oxygen atoms in total. The van der Waals surface area contributed by atoms with Crippen molar-refractivity contribution >= 4 is 5.69 Å². The Morgan fingerprint density at radius 2 is 1.87 bits per heavy atom. The van der Waals surface area contributed by atoms with Gasteiger partial charge in [-0.1, -0.05) is 18.1 Å². The monoisotopic (exact) mass is 215 g/mol. The van der Waals surface area contributed by atoms with E-state index in [4.69, 9.17) is 0 Å². The van der Waals surface area contributed by atoms with Gasteiger partial charge in [0.2, 0.25) is 0 Å². The molecule has 0 amide bonds. The molecule has 0 saturated heterocycles. The first-order chi connectivity index (χ1) is 6.90. The van der Waals surface area contributed by atoms with Gasteiger partial charge < -0.3 is 0 Å². The maximum absolute atomic E-state index is 11.7. The molecule has 0 N–H and O–H groups in total. The van der Waals surface area contributed by atoms with Crippen molar-refractivity contribution in [3.05, 3.63) is 39.9 Å². The maximum atomic E-state index is 11.7. The quantitative estimate of drug-likeness (QED) is 0.410. The molecule has 0 aliphatic carbocycles. The largest absolute Gasteiger partial charge is 0.458 e. The highest BCUT2D eigenvalue weighted by molar-refractivity contribution is 5.50. The zero-order chi connectivity index (χ0) is 11.5. The number of alkyl halides is 3. The zero-order valence-electron chi connectivity index (χ0n) is 7.21. The molecule has 1 rings (SSSR count). The minimum Gasteiger partial charge on any atom is -0.258 e. The van der Waals surface area contributed by atoms with Gasteiger partial charge in [0.1, 0.15) is 5.56 Å². The van der Waals surface area contributed by atoms with Gasteiger partial charge in [0.25, 0.3) is 5.69 Å². The Hall–Kier alpha value is -2.03. The highest BCUT2D eigenvalue weighted by atomic mass is 19.4. The molecule has 6 heteroatoms. The third-order valence-electron chi connectivity index (χ3n) is 1.44. The number of hydrogen-bond donors (Lipinski definition) is 0. The van der Waals surface area contributed by atoms with E-state index < -0.39 is 16.8 Å². The van der Waals surface area contributed by atoms with E-state index in [1.54, 1.807) is 5.92 Å². The molecule has 0 bridgehead atoms. The lowest BCUT2D eigenvalue weighted by Gasteiger charge is -1.95. The van der Waals surface area contributed by atoms with Crippen molar-refractivity contribution in [1.29, 1.82) is 0 Å². The van der Waals surface area contributed by atoms with Gasteiger partial charge in [0, 0.05) is 12.0 Å². The number of rotatable bonds is 1. The second kappa shape index (κ2) is 4.00. The van der Waals surface area contributed by atoms with Gasteiger partial charge in [-0.25, -0.2) is 0 Å². The summed E-state index contributed by atoms with van der Waals surface area (Å²) in [4.78, 5) is 9.63. The molecule has 0 aliphatic rings. The van der Waals surface area contributed by atoms with Crippen molar-refractivity contribution in [2.45, 2.75) is 6.18 Å². The second-order valence-electron chi connectivity index (χ2n) is 2.52. The molecule has 0 heterocycles. The Balaban J connectivity index is 3.14. The fraction of sp³-hybridized carbons (Fsp3) is 0.111. The van der Waals surface area contributed by atoms with E-state index >= 15 is 0 Å². The predicted molar refractivity (Wildman–Crippen MR) is 46.0 cm³/mol. The van der Waals surface area contributed by atoms with Crippen LogP contribution < -0.4 is 0 Å². The zero-order valence-corrected chi connectivity index (χ0v) is 7.21. The van der Waals surface area contributed by atoms with E-state index in [0.717, 1.165) is 18.1 Å². The third-order valence-corrected chi connectivity index (χ3v) is 1.44. The van der Waals surface area contributed by atoms with Gasteiger partial charge in [0.05, 0.1) is 4.92 Å². The Morgan fingerprint density at radius 3 is 2.40 bits per heavy atom. The van der Waals surface area contributed by atoms with Crippen molar-refractivity contribution in [2.24, 2.45) is 0 Å². The summed E-state index contributed by atoms with van der Waals surface area (Å²) < 4.78 is 35.2. The van der Waals surface area contributed by atoms with Crippen LogP contribution in [0.15, 0.2) is 24.3 Å². The standard InChI is InChI=1S/C9H4F3NO2/c10-9(11,12)6-5-7-3-1-2-4-8(7)13(14)15/h1-4H. The summed E-state index contributed by atoms with van der Waals surface area (Å²) in [6, 6.07) is 5.00. The van der Waals surface area contributed by atoms with E-state index in [-0.39, 0.29) is 5.56 Å². The minimum atomic E-state index is -4.65. The Kier molecular flexibility index (Phi) is 2.95. The third kappa shape index (κ3) is 3.31. The Labute approximate surface area is 82.7 Å². The average molecular weight is 215 g/mol. The van der Waals surface area contributed by atoms with Gasteiger partial charge in [-0.05, 0) is 6.07 Å². The van der Waals surface area contributed by atoms with E-state index in [0.29, 0.717) is 0 Å². The lowest BCUT2D eigenvalue weighted by Crippen LogP contribution is -2.02. The van der Waals surface area contributed by atoms with Gasteiger partial charge in [-0.15, -0.1) is 0 Å². The first-order valence-electron chi connectivity index (χ1n) is 3.73. The molecule has 1 aromatic rings. The van der Waals surface area contributed by atoms with Crippen LogP contribution in [0.1, 0.15) is 5.56 Å².